The summed E-state index contributed by atoms with van der Waals surface area (Å²) in [5.74, 6) is 0.918. The van der Waals surface area contributed by atoms with Crippen molar-refractivity contribution in [1.82, 2.24) is 10.2 Å². The number of hydrogen-bond donors (Lipinski definition) is 1. The molecule has 104 valence electrons. The molecule has 1 aromatic carbocycles. The molecular weight excluding hydrogens is 232 g/mol. The Balaban J connectivity index is 1.73. The SMILES string of the molecule is c1ccc(CN2CCCC[C@@H]3CCNCC[C@H]32)cc1. The zero-order valence-corrected chi connectivity index (χ0v) is 11.9. The van der Waals surface area contributed by atoms with Crippen LogP contribution in [0.15, 0.2) is 30.3 Å². The number of rotatable bonds is 2. The van der Waals surface area contributed by atoms with Crippen LogP contribution >= 0.6 is 0 Å². The van der Waals surface area contributed by atoms with Crippen LogP contribution < -0.4 is 5.32 Å². The molecular formula is C17H26N2. The van der Waals surface area contributed by atoms with Gasteiger partial charge in [-0.2, -0.15) is 0 Å². The van der Waals surface area contributed by atoms with Crippen LogP contribution in [0.25, 0.3) is 0 Å². The number of benzene rings is 1. The summed E-state index contributed by atoms with van der Waals surface area (Å²) in [6.45, 7) is 4.85. The first kappa shape index (κ1) is 13.1. The van der Waals surface area contributed by atoms with E-state index in [-0.39, 0.29) is 0 Å². The number of likely N-dealkylation sites (tertiary alicyclic amines) is 1. The molecule has 2 saturated heterocycles. The molecule has 0 amide bonds. The van der Waals surface area contributed by atoms with E-state index in [1.165, 1.54) is 57.3 Å². The normalized spacial score (nSPS) is 29.3. The maximum atomic E-state index is 3.58. The molecule has 2 aliphatic rings. The lowest BCUT2D eigenvalue weighted by atomic mass is 9.90. The average molecular weight is 258 g/mol. The zero-order chi connectivity index (χ0) is 12.9. The van der Waals surface area contributed by atoms with Gasteiger partial charge in [-0.3, -0.25) is 4.90 Å². The lowest BCUT2D eigenvalue weighted by molar-refractivity contribution is 0.142. The third-order valence-corrected chi connectivity index (χ3v) is 4.82. The molecule has 0 aromatic heterocycles. The van der Waals surface area contributed by atoms with E-state index in [1.54, 1.807) is 0 Å². The van der Waals surface area contributed by atoms with Crippen LogP contribution in [0, 0.1) is 5.92 Å². The van der Waals surface area contributed by atoms with Crippen molar-refractivity contribution in [3.05, 3.63) is 35.9 Å². The van der Waals surface area contributed by atoms with E-state index in [9.17, 15) is 0 Å². The fourth-order valence-electron chi connectivity index (χ4n) is 3.81. The van der Waals surface area contributed by atoms with E-state index < -0.39 is 0 Å². The quantitative estimate of drug-likeness (QED) is 0.877. The topological polar surface area (TPSA) is 15.3 Å². The number of fused-ring (bicyclic) bond motifs is 1. The Morgan fingerprint density at radius 2 is 1.84 bits per heavy atom. The van der Waals surface area contributed by atoms with Crippen molar-refractivity contribution in [2.45, 2.75) is 44.7 Å². The van der Waals surface area contributed by atoms with Gasteiger partial charge in [0.1, 0.15) is 0 Å². The molecule has 2 heterocycles. The van der Waals surface area contributed by atoms with Crippen molar-refractivity contribution in [3.63, 3.8) is 0 Å². The predicted octanol–water partition coefficient (Wildman–Crippen LogP) is 3.04. The van der Waals surface area contributed by atoms with Crippen LogP contribution in [0.1, 0.15) is 37.7 Å². The van der Waals surface area contributed by atoms with Crippen LogP contribution in [0.4, 0.5) is 0 Å². The Kier molecular flexibility index (Phi) is 4.52. The first-order chi connectivity index (χ1) is 9.43. The van der Waals surface area contributed by atoms with Crippen molar-refractivity contribution in [2.75, 3.05) is 19.6 Å². The van der Waals surface area contributed by atoms with Crippen LogP contribution in [-0.4, -0.2) is 30.6 Å². The first-order valence-electron chi connectivity index (χ1n) is 7.92. The smallest absolute Gasteiger partial charge is 0.0236 e. The average Bonchev–Trinajstić information content (AvgIpc) is 2.77. The standard InChI is InChI=1S/C17H26N2/c1-2-6-15(7-3-1)14-19-13-5-4-8-16-9-11-18-12-10-17(16)19/h1-3,6-7,16-18H,4-5,8-14H2/t16-,17-/m1/s1. The number of nitrogens with one attached hydrogen (secondary N) is 1. The monoisotopic (exact) mass is 258 g/mol. The zero-order valence-electron chi connectivity index (χ0n) is 11.9. The second-order valence-corrected chi connectivity index (χ2v) is 6.11. The summed E-state index contributed by atoms with van der Waals surface area (Å²) in [4.78, 5) is 2.76. The summed E-state index contributed by atoms with van der Waals surface area (Å²) in [5.41, 5.74) is 1.47. The fraction of sp³-hybridized carbons (Fsp3) is 0.647. The van der Waals surface area contributed by atoms with Crippen LogP contribution in [0.3, 0.4) is 0 Å². The van der Waals surface area contributed by atoms with E-state index in [4.69, 9.17) is 0 Å². The van der Waals surface area contributed by atoms with Gasteiger partial charge < -0.3 is 5.32 Å². The summed E-state index contributed by atoms with van der Waals surface area (Å²) < 4.78 is 0. The van der Waals surface area contributed by atoms with Crippen LogP contribution in [-0.2, 0) is 6.54 Å². The Morgan fingerprint density at radius 1 is 1.00 bits per heavy atom. The molecule has 1 aromatic rings. The van der Waals surface area contributed by atoms with Crippen molar-refractivity contribution < 1.29 is 0 Å². The Labute approximate surface area is 117 Å². The molecule has 19 heavy (non-hydrogen) atoms. The van der Waals surface area contributed by atoms with Gasteiger partial charge in [-0.15, -0.1) is 0 Å². The highest BCUT2D eigenvalue weighted by molar-refractivity contribution is 5.14. The van der Waals surface area contributed by atoms with Gasteiger partial charge in [0.05, 0.1) is 0 Å². The summed E-state index contributed by atoms with van der Waals surface area (Å²) in [7, 11) is 0. The second-order valence-electron chi connectivity index (χ2n) is 6.11. The minimum absolute atomic E-state index is 0.803. The molecule has 3 rings (SSSR count). The summed E-state index contributed by atoms with van der Waals surface area (Å²) in [6.07, 6.45) is 6.95. The molecule has 0 unspecified atom stereocenters. The number of nitrogens with zero attached hydrogens (tertiary/aromatic N) is 1. The molecule has 2 heteroatoms. The highest BCUT2D eigenvalue weighted by Gasteiger charge is 2.30. The van der Waals surface area contributed by atoms with E-state index >= 15 is 0 Å². The Hall–Kier alpha value is -0.860. The molecule has 1 N–H and O–H groups in total. The van der Waals surface area contributed by atoms with Crippen molar-refractivity contribution in [3.8, 4) is 0 Å². The van der Waals surface area contributed by atoms with Crippen molar-refractivity contribution >= 4 is 0 Å². The summed E-state index contributed by atoms with van der Waals surface area (Å²) in [6, 6.07) is 11.8. The minimum Gasteiger partial charge on any atom is -0.317 e. The van der Waals surface area contributed by atoms with Crippen molar-refractivity contribution in [1.29, 1.82) is 0 Å². The predicted molar refractivity (Wildman–Crippen MR) is 80.1 cm³/mol. The molecule has 0 radical (unpaired) electrons. The van der Waals surface area contributed by atoms with Crippen LogP contribution in [0.5, 0.6) is 0 Å². The summed E-state index contributed by atoms with van der Waals surface area (Å²) >= 11 is 0. The number of hydrogen-bond acceptors (Lipinski definition) is 2. The molecule has 0 aliphatic carbocycles. The molecule has 2 aliphatic heterocycles. The highest BCUT2D eigenvalue weighted by atomic mass is 15.2. The van der Waals surface area contributed by atoms with E-state index in [2.05, 4.69) is 40.5 Å². The molecule has 2 fully saturated rings. The first-order valence-corrected chi connectivity index (χ1v) is 7.92. The van der Waals surface area contributed by atoms with E-state index in [0.717, 1.165) is 18.5 Å². The molecule has 0 spiro atoms. The van der Waals surface area contributed by atoms with Gasteiger partial charge in [-0.1, -0.05) is 36.8 Å². The fourth-order valence-corrected chi connectivity index (χ4v) is 3.81. The largest absolute Gasteiger partial charge is 0.317 e. The summed E-state index contributed by atoms with van der Waals surface area (Å²) in [5, 5.41) is 3.58. The third-order valence-electron chi connectivity index (χ3n) is 4.82. The van der Waals surface area contributed by atoms with E-state index in [1.807, 2.05) is 0 Å². The Bertz CT molecular complexity index is 374. The minimum atomic E-state index is 0.803. The molecule has 2 nitrogen and oxygen atoms in total. The van der Waals surface area contributed by atoms with Gasteiger partial charge in [0, 0.05) is 12.6 Å². The van der Waals surface area contributed by atoms with Gasteiger partial charge in [0.15, 0.2) is 0 Å². The third kappa shape index (κ3) is 3.37. The maximum absolute atomic E-state index is 3.58. The lowest BCUT2D eigenvalue weighted by Crippen LogP contribution is -2.39. The molecule has 0 bridgehead atoms. The van der Waals surface area contributed by atoms with Gasteiger partial charge >= 0.3 is 0 Å². The highest BCUT2D eigenvalue weighted by Crippen LogP contribution is 2.29. The van der Waals surface area contributed by atoms with Gasteiger partial charge in [0.25, 0.3) is 0 Å². The maximum Gasteiger partial charge on any atom is 0.0236 e. The van der Waals surface area contributed by atoms with Gasteiger partial charge in [-0.05, 0) is 56.8 Å². The molecule has 2 atom stereocenters. The second kappa shape index (κ2) is 6.53. The van der Waals surface area contributed by atoms with Crippen molar-refractivity contribution in [2.24, 2.45) is 5.92 Å². The van der Waals surface area contributed by atoms with Gasteiger partial charge in [-0.25, -0.2) is 0 Å². The Morgan fingerprint density at radius 3 is 2.74 bits per heavy atom. The lowest BCUT2D eigenvalue weighted by Gasteiger charge is -2.34. The van der Waals surface area contributed by atoms with Crippen LogP contribution in [0.2, 0.25) is 0 Å². The molecule has 0 saturated carbocycles. The van der Waals surface area contributed by atoms with E-state index in [0.29, 0.717) is 0 Å². The van der Waals surface area contributed by atoms with Gasteiger partial charge in [0.2, 0.25) is 0 Å².